The molecule has 0 saturated carbocycles. The van der Waals surface area contributed by atoms with Gasteiger partial charge >= 0.3 is 6.03 Å². The van der Waals surface area contributed by atoms with Crippen LogP contribution in [0.25, 0.3) is 11.0 Å². The quantitative estimate of drug-likeness (QED) is 0.756. The number of aryl methyl sites for hydroxylation is 1. The summed E-state index contributed by atoms with van der Waals surface area (Å²) in [5.74, 6) is 0. The van der Waals surface area contributed by atoms with Crippen LogP contribution in [0.2, 0.25) is 0 Å². The molecule has 1 aromatic heterocycles. The van der Waals surface area contributed by atoms with Crippen molar-refractivity contribution in [3.05, 3.63) is 71.6 Å². The molecule has 26 heavy (non-hydrogen) atoms. The summed E-state index contributed by atoms with van der Waals surface area (Å²) in [4.78, 5) is 12.3. The summed E-state index contributed by atoms with van der Waals surface area (Å²) in [5, 5.41) is 14.0. The molecule has 0 spiro atoms. The molecule has 132 valence electrons. The van der Waals surface area contributed by atoms with Crippen LogP contribution in [-0.4, -0.2) is 33.8 Å². The number of hydrogen-bond donors (Lipinski definition) is 2. The molecule has 1 aliphatic rings. The molecule has 4 rings (SSSR count). The fourth-order valence-electron chi connectivity index (χ4n) is 2.92. The Balaban J connectivity index is 1.32. The number of allylic oxidation sites excluding steroid dienone is 1. The van der Waals surface area contributed by atoms with Gasteiger partial charge < -0.3 is 15.4 Å². The molecule has 0 saturated heterocycles. The molecule has 1 atom stereocenters. The monoisotopic (exact) mass is 349 g/mol. The number of carbonyl (C=O) groups excluding carboxylic acids is 1. The van der Waals surface area contributed by atoms with Crippen LogP contribution in [0.3, 0.4) is 0 Å². The Morgan fingerprint density at radius 2 is 2.04 bits per heavy atom. The van der Waals surface area contributed by atoms with Gasteiger partial charge in [0.25, 0.3) is 0 Å². The highest BCUT2D eigenvalue weighted by atomic mass is 16.5. The van der Waals surface area contributed by atoms with Crippen LogP contribution < -0.4 is 10.6 Å². The van der Waals surface area contributed by atoms with Crippen LogP contribution in [-0.2, 0) is 11.2 Å². The number of nitrogens with zero attached hydrogens (tertiary/aromatic N) is 3. The number of amides is 1. The van der Waals surface area contributed by atoms with E-state index in [0.717, 1.165) is 12.1 Å². The fraction of sp³-hybridized carbons (Fsp3) is 0.211. The van der Waals surface area contributed by atoms with Gasteiger partial charge in [-0.15, -0.1) is 5.10 Å². The molecule has 2 aromatic carbocycles. The van der Waals surface area contributed by atoms with Gasteiger partial charge in [-0.3, -0.25) is 0 Å². The van der Waals surface area contributed by atoms with Gasteiger partial charge in [-0.1, -0.05) is 41.6 Å². The van der Waals surface area contributed by atoms with Crippen molar-refractivity contribution in [3.8, 4) is 0 Å². The van der Waals surface area contributed by atoms with Crippen molar-refractivity contribution in [3.63, 3.8) is 0 Å². The molecule has 1 aliphatic heterocycles. The summed E-state index contributed by atoms with van der Waals surface area (Å²) in [7, 11) is 0. The lowest BCUT2D eigenvalue weighted by Gasteiger charge is -2.14. The van der Waals surface area contributed by atoms with Crippen LogP contribution >= 0.6 is 0 Å². The topological polar surface area (TPSA) is 81.1 Å². The van der Waals surface area contributed by atoms with E-state index < -0.39 is 0 Å². The predicted octanol–water partition coefficient (Wildman–Crippen LogP) is 2.33. The molecular formula is C19H19N5O2. The van der Waals surface area contributed by atoms with E-state index in [1.807, 2.05) is 30.3 Å². The Morgan fingerprint density at radius 1 is 1.23 bits per heavy atom. The summed E-state index contributed by atoms with van der Waals surface area (Å²) in [6.07, 6.45) is 2.19. The van der Waals surface area contributed by atoms with Gasteiger partial charge in [0.05, 0.1) is 17.8 Å². The maximum atomic E-state index is 12.3. The SMILES string of the molecule is Cc1ccccc1CC1=COC(CNC(=O)n2nnc3ccccc32)N1. The first-order valence-electron chi connectivity index (χ1n) is 8.45. The highest BCUT2D eigenvalue weighted by Crippen LogP contribution is 2.15. The van der Waals surface area contributed by atoms with E-state index >= 15 is 0 Å². The molecular weight excluding hydrogens is 330 g/mol. The highest BCUT2D eigenvalue weighted by molar-refractivity contribution is 5.87. The Bertz CT molecular complexity index is 979. The van der Waals surface area contributed by atoms with E-state index in [1.165, 1.54) is 15.8 Å². The number of aromatic nitrogens is 3. The number of nitrogens with one attached hydrogen (secondary N) is 2. The second-order valence-electron chi connectivity index (χ2n) is 6.19. The summed E-state index contributed by atoms with van der Waals surface area (Å²) in [6, 6.07) is 15.2. The summed E-state index contributed by atoms with van der Waals surface area (Å²) < 4.78 is 6.86. The molecule has 0 bridgehead atoms. The molecule has 2 heterocycles. The van der Waals surface area contributed by atoms with Gasteiger partial charge in [-0.25, -0.2) is 4.79 Å². The lowest BCUT2D eigenvalue weighted by atomic mass is 10.0. The Labute approximate surface area is 150 Å². The third-order valence-corrected chi connectivity index (χ3v) is 4.35. The molecule has 0 radical (unpaired) electrons. The zero-order valence-electron chi connectivity index (χ0n) is 14.3. The standard InChI is InChI=1S/C19H19N5O2/c1-13-6-2-3-7-14(13)10-15-12-26-18(21-15)11-20-19(25)24-17-9-5-4-8-16(17)22-23-24/h2-9,12,18,21H,10-11H2,1H3,(H,20,25). The third-order valence-electron chi connectivity index (χ3n) is 4.35. The van der Waals surface area contributed by atoms with Crippen LogP contribution in [0, 0.1) is 6.92 Å². The largest absolute Gasteiger partial charge is 0.475 e. The molecule has 1 unspecified atom stereocenters. The number of carbonyl (C=O) groups is 1. The first-order chi connectivity index (χ1) is 12.7. The lowest BCUT2D eigenvalue weighted by molar-refractivity contribution is 0.149. The molecule has 7 heteroatoms. The minimum absolute atomic E-state index is 0.298. The van der Waals surface area contributed by atoms with E-state index in [-0.39, 0.29) is 12.3 Å². The van der Waals surface area contributed by atoms with E-state index in [4.69, 9.17) is 4.74 Å². The first kappa shape index (κ1) is 16.1. The highest BCUT2D eigenvalue weighted by Gasteiger charge is 2.19. The molecule has 3 aromatic rings. The summed E-state index contributed by atoms with van der Waals surface area (Å²) in [5.41, 5.74) is 4.83. The van der Waals surface area contributed by atoms with Crippen molar-refractivity contribution >= 4 is 17.1 Å². The minimum atomic E-state index is -0.337. The van der Waals surface area contributed by atoms with Crippen LogP contribution in [0.4, 0.5) is 4.79 Å². The number of rotatable bonds is 4. The zero-order chi connectivity index (χ0) is 17.9. The third kappa shape index (κ3) is 3.23. The number of benzene rings is 2. The van der Waals surface area contributed by atoms with Gasteiger partial charge in [-0.2, -0.15) is 4.68 Å². The van der Waals surface area contributed by atoms with Crippen molar-refractivity contribution in [2.45, 2.75) is 19.6 Å². The molecule has 0 fully saturated rings. The maximum absolute atomic E-state index is 12.3. The smallest absolute Gasteiger partial charge is 0.344 e. The molecule has 0 aliphatic carbocycles. The van der Waals surface area contributed by atoms with Crippen LogP contribution in [0.5, 0.6) is 0 Å². The summed E-state index contributed by atoms with van der Waals surface area (Å²) in [6.45, 7) is 2.41. The van der Waals surface area contributed by atoms with Crippen molar-refractivity contribution < 1.29 is 9.53 Å². The second-order valence-corrected chi connectivity index (χ2v) is 6.19. The lowest BCUT2D eigenvalue weighted by Crippen LogP contribution is -2.40. The number of fused-ring (bicyclic) bond motifs is 1. The average molecular weight is 349 g/mol. The van der Waals surface area contributed by atoms with Crippen LogP contribution in [0.1, 0.15) is 11.1 Å². The number of hydrogen-bond acceptors (Lipinski definition) is 5. The predicted molar refractivity (Wildman–Crippen MR) is 97.3 cm³/mol. The van der Waals surface area contributed by atoms with Crippen molar-refractivity contribution in [1.82, 2.24) is 25.6 Å². The Hall–Kier alpha value is -3.35. The maximum Gasteiger partial charge on any atom is 0.344 e. The van der Waals surface area contributed by atoms with Crippen molar-refractivity contribution in [2.24, 2.45) is 0 Å². The van der Waals surface area contributed by atoms with Crippen molar-refractivity contribution in [1.29, 1.82) is 0 Å². The van der Waals surface area contributed by atoms with Gasteiger partial charge in [0, 0.05) is 6.42 Å². The average Bonchev–Trinajstić information content (AvgIpc) is 3.28. The summed E-state index contributed by atoms with van der Waals surface area (Å²) >= 11 is 0. The van der Waals surface area contributed by atoms with Gasteiger partial charge in [0.2, 0.25) is 0 Å². The molecule has 1 amide bonds. The Morgan fingerprint density at radius 3 is 2.92 bits per heavy atom. The number of ether oxygens (including phenoxy) is 1. The fourth-order valence-corrected chi connectivity index (χ4v) is 2.92. The van der Waals surface area contributed by atoms with E-state index in [2.05, 4.69) is 40.0 Å². The van der Waals surface area contributed by atoms with Gasteiger partial charge in [0.1, 0.15) is 11.8 Å². The van der Waals surface area contributed by atoms with E-state index in [1.54, 1.807) is 12.3 Å². The van der Waals surface area contributed by atoms with E-state index in [9.17, 15) is 4.79 Å². The zero-order valence-corrected chi connectivity index (χ0v) is 14.3. The number of para-hydroxylation sites is 1. The first-order valence-corrected chi connectivity index (χ1v) is 8.45. The normalized spacial score (nSPS) is 16.0. The minimum Gasteiger partial charge on any atom is -0.475 e. The second kappa shape index (κ2) is 6.87. The Kier molecular flexibility index (Phi) is 4.27. The molecule has 7 nitrogen and oxygen atoms in total. The van der Waals surface area contributed by atoms with E-state index in [0.29, 0.717) is 17.6 Å². The molecule has 2 N–H and O–H groups in total. The van der Waals surface area contributed by atoms with Crippen molar-refractivity contribution in [2.75, 3.05) is 6.54 Å². The van der Waals surface area contributed by atoms with Gasteiger partial charge in [0.15, 0.2) is 6.23 Å². The van der Waals surface area contributed by atoms with Gasteiger partial charge in [-0.05, 0) is 30.2 Å². The van der Waals surface area contributed by atoms with Crippen LogP contribution in [0.15, 0.2) is 60.5 Å².